The van der Waals surface area contributed by atoms with Crippen molar-refractivity contribution in [1.29, 1.82) is 0 Å². The van der Waals surface area contributed by atoms with E-state index in [1.165, 1.54) is 18.2 Å². The van der Waals surface area contributed by atoms with E-state index in [0.717, 1.165) is 4.90 Å². The van der Waals surface area contributed by atoms with Crippen molar-refractivity contribution in [3.05, 3.63) is 28.8 Å². The zero-order chi connectivity index (χ0) is 15.6. The summed E-state index contributed by atoms with van der Waals surface area (Å²) in [4.78, 5) is 46.2. The zero-order valence-electron chi connectivity index (χ0n) is 10.6. The number of rotatable bonds is 2. The minimum absolute atomic E-state index is 0.0923. The highest BCUT2D eigenvalue weighted by Gasteiger charge is 2.26. The molecule has 0 unspecified atom stereocenters. The summed E-state index contributed by atoms with van der Waals surface area (Å²) in [5.41, 5.74) is 0.0635. The first-order valence-electron chi connectivity index (χ1n) is 5.77. The fraction of sp³-hybridized carbons (Fsp3) is 0.167. The Balaban J connectivity index is 2.14. The van der Waals surface area contributed by atoms with Crippen molar-refractivity contribution in [3.8, 4) is 0 Å². The first kappa shape index (κ1) is 14.8. The van der Waals surface area contributed by atoms with Crippen LogP contribution in [0.1, 0.15) is 10.4 Å². The third kappa shape index (κ3) is 3.69. The number of benzene rings is 1. The molecule has 0 aliphatic carbocycles. The molecule has 0 bridgehead atoms. The summed E-state index contributed by atoms with van der Waals surface area (Å²) in [7, 11) is 0. The number of carboxylic acid groups (broad SMARTS) is 1. The average Bonchev–Trinajstić information content (AvgIpc) is 2.36. The van der Waals surface area contributed by atoms with Gasteiger partial charge in [0.1, 0.15) is 13.1 Å². The van der Waals surface area contributed by atoms with E-state index in [0.29, 0.717) is 0 Å². The molecular formula is C12H10ClN3O5. The van der Waals surface area contributed by atoms with E-state index in [1.54, 1.807) is 0 Å². The molecule has 8 nitrogen and oxygen atoms in total. The molecule has 21 heavy (non-hydrogen) atoms. The van der Waals surface area contributed by atoms with Crippen molar-refractivity contribution in [2.24, 2.45) is 0 Å². The Bertz CT molecular complexity index is 630. The third-order valence-corrected chi connectivity index (χ3v) is 2.85. The zero-order valence-corrected chi connectivity index (χ0v) is 11.3. The lowest BCUT2D eigenvalue weighted by atomic mass is 10.2. The minimum Gasteiger partial charge on any atom is -0.478 e. The van der Waals surface area contributed by atoms with Gasteiger partial charge in [0, 0.05) is 10.7 Å². The summed E-state index contributed by atoms with van der Waals surface area (Å²) in [5, 5.41) is 13.5. The first-order chi connectivity index (χ1) is 9.85. The fourth-order valence-electron chi connectivity index (χ4n) is 1.77. The summed E-state index contributed by atoms with van der Waals surface area (Å²) in [6, 6.07) is 3.12. The van der Waals surface area contributed by atoms with Crippen LogP contribution in [-0.2, 0) is 9.59 Å². The molecule has 3 N–H and O–H groups in total. The number of hydrogen-bond acceptors (Lipinski definition) is 4. The van der Waals surface area contributed by atoms with E-state index in [4.69, 9.17) is 16.7 Å². The van der Waals surface area contributed by atoms with Crippen molar-refractivity contribution in [2.45, 2.75) is 0 Å². The number of piperazine rings is 1. The van der Waals surface area contributed by atoms with Crippen LogP contribution in [0.5, 0.6) is 0 Å². The molecule has 0 atom stereocenters. The van der Waals surface area contributed by atoms with Gasteiger partial charge in [0.05, 0.1) is 5.56 Å². The van der Waals surface area contributed by atoms with Gasteiger partial charge in [0.25, 0.3) is 0 Å². The number of aromatic carboxylic acids is 1. The molecule has 9 heteroatoms. The summed E-state index contributed by atoms with van der Waals surface area (Å²) < 4.78 is 0. The van der Waals surface area contributed by atoms with Crippen molar-refractivity contribution in [1.82, 2.24) is 10.2 Å². The van der Waals surface area contributed by atoms with E-state index in [9.17, 15) is 19.2 Å². The molecule has 1 aliphatic heterocycles. The Morgan fingerprint density at radius 3 is 2.38 bits per heavy atom. The highest BCUT2D eigenvalue weighted by atomic mass is 35.5. The average molecular weight is 312 g/mol. The predicted molar refractivity (Wildman–Crippen MR) is 72.2 cm³/mol. The normalized spacial score (nSPS) is 14.6. The lowest BCUT2D eigenvalue weighted by Crippen LogP contribution is -2.54. The van der Waals surface area contributed by atoms with E-state index in [2.05, 4.69) is 10.6 Å². The molecule has 1 heterocycles. The van der Waals surface area contributed by atoms with Gasteiger partial charge in [-0.1, -0.05) is 11.6 Å². The maximum absolute atomic E-state index is 11.9. The lowest BCUT2D eigenvalue weighted by molar-refractivity contribution is -0.134. The number of anilines is 1. The summed E-state index contributed by atoms with van der Waals surface area (Å²) >= 11 is 5.76. The number of nitrogens with zero attached hydrogens (tertiary/aromatic N) is 1. The Morgan fingerprint density at radius 1 is 1.19 bits per heavy atom. The van der Waals surface area contributed by atoms with Gasteiger partial charge in [0.15, 0.2) is 0 Å². The van der Waals surface area contributed by atoms with Crippen LogP contribution in [0, 0.1) is 0 Å². The lowest BCUT2D eigenvalue weighted by Gasteiger charge is -2.25. The van der Waals surface area contributed by atoms with Crippen LogP contribution >= 0.6 is 11.6 Å². The van der Waals surface area contributed by atoms with Crippen LogP contribution in [0.4, 0.5) is 10.5 Å². The Hall–Kier alpha value is -2.61. The standard InChI is InChI=1S/C12H10ClN3O5/c13-7-1-6(11(19)20)2-8(3-7)14-12(21)16-4-9(17)15-10(18)5-16/h1-3H,4-5H2,(H,14,21)(H,19,20)(H,15,17,18). The van der Waals surface area contributed by atoms with Crippen LogP contribution in [0.25, 0.3) is 0 Å². The fourth-order valence-corrected chi connectivity index (χ4v) is 2.00. The van der Waals surface area contributed by atoms with Gasteiger partial charge < -0.3 is 15.3 Å². The maximum Gasteiger partial charge on any atom is 0.335 e. The molecule has 0 aromatic heterocycles. The molecule has 0 saturated carbocycles. The van der Waals surface area contributed by atoms with Gasteiger partial charge in [-0.25, -0.2) is 9.59 Å². The molecule has 4 amide bonds. The number of imide groups is 1. The quantitative estimate of drug-likeness (QED) is 0.689. The van der Waals surface area contributed by atoms with Crippen molar-refractivity contribution >= 4 is 41.1 Å². The highest BCUT2D eigenvalue weighted by molar-refractivity contribution is 6.31. The Morgan fingerprint density at radius 2 is 1.81 bits per heavy atom. The molecule has 1 aromatic carbocycles. The largest absolute Gasteiger partial charge is 0.478 e. The van der Waals surface area contributed by atoms with E-state index in [-0.39, 0.29) is 29.4 Å². The number of halogens is 1. The van der Waals surface area contributed by atoms with Crippen LogP contribution in [0.3, 0.4) is 0 Å². The number of hydrogen-bond donors (Lipinski definition) is 3. The van der Waals surface area contributed by atoms with Crippen LogP contribution in [0.2, 0.25) is 5.02 Å². The van der Waals surface area contributed by atoms with E-state index >= 15 is 0 Å². The number of carbonyl (C=O) groups is 4. The molecule has 1 aromatic rings. The van der Waals surface area contributed by atoms with Crippen molar-refractivity contribution in [3.63, 3.8) is 0 Å². The molecule has 110 valence electrons. The minimum atomic E-state index is -1.19. The second-order valence-electron chi connectivity index (χ2n) is 4.29. The van der Waals surface area contributed by atoms with E-state index in [1.807, 2.05) is 0 Å². The van der Waals surface area contributed by atoms with Gasteiger partial charge in [-0.3, -0.25) is 14.9 Å². The number of nitrogens with one attached hydrogen (secondary N) is 2. The Kier molecular flexibility index (Phi) is 4.08. The first-order valence-corrected chi connectivity index (χ1v) is 6.15. The molecule has 2 rings (SSSR count). The smallest absolute Gasteiger partial charge is 0.335 e. The molecule has 1 saturated heterocycles. The highest BCUT2D eigenvalue weighted by Crippen LogP contribution is 2.19. The summed E-state index contributed by atoms with van der Waals surface area (Å²) in [5.74, 6) is -2.36. The summed E-state index contributed by atoms with van der Waals surface area (Å²) in [6.07, 6.45) is 0. The maximum atomic E-state index is 11.9. The van der Waals surface area contributed by atoms with Crippen molar-refractivity contribution < 1.29 is 24.3 Å². The number of carbonyl (C=O) groups excluding carboxylic acids is 3. The molecule has 0 radical (unpaired) electrons. The van der Waals surface area contributed by atoms with Gasteiger partial charge in [-0.15, -0.1) is 0 Å². The van der Waals surface area contributed by atoms with Gasteiger partial charge in [-0.05, 0) is 18.2 Å². The van der Waals surface area contributed by atoms with Gasteiger partial charge in [-0.2, -0.15) is 0 Å². The SMILES string of the molecule is O=C1CN(C(=O)Nc2cc(Cl)cc(C(=O)O)c2)CC(=O)N1. The van der Waals surface area contributed by atoms with Gasteiger partial charge in [0.2, 0.25) is 11.8 Å². The van der Waals surface area contributed by atoms with Crippen molar-refractivity contribution in [2.75, 3.05) is 18.4 Å². The van der Waals surface area contributed by atoms with E-state index < -0.39 is 23.8 Å². The number of urea groups is 1. The molecular weight excluding hydrogens is 302 g/mol. The molecule has 0 spiro atoms. The molecule has 1 aliphatic rings. The Labute approximate surface area is 123 Å². The second kappa shape index (κ2) is 5.80. The topological polar surface area (TPSA) is 116 Å². The van der Waals surface area contributed by atoms with Crippen LogP contribution in [0.15, 0.2) is 18.2 Å². The van der Waals surface area contributed by atoms with Gasteiger partial charge >= 0.3 is 12.0 Å². The monoisotopic (exact) mass is 311 g/mol. The number of carboxylic acids is 1. The van der Waals surface area contributed by atoms with Crippen LogP contribution in [-0.4, -0.2) is 46.9 Å². The third-order valence-electron chi connectivity index (χ3n) is 2.63. The number of amides is 4. The summed E-state index contributed by atoms with van der Waals surface area (Å²) in [6.45, 7) is -0.520. The second-order valence-corrected chi connectivity index (χ2v) is 4.73. The predicted octanol–water partition coefficient (Wildman–Crippen LogP) is 0.529. The molecule has 1 fully saturated rings. The van der Waals surface area contributed by atoms with Crippen LogP contribution < -0.4 is 10.6 Å².